The standard InChI is InChI=1S/C21H29N5O4S/c1-4-15-8-5-6-10-17(15)22-18(27)13-25(3)19(28)14(2)31-21-24-23-20(29)26(21)12-16-9-7-11-30-16/h5-6,8,10,14,16H,4,7,9,11-13H2,1-3H3,(H,22,27)(H,23,29). The average molecular weight is 448 g/mol. The van der Waals surface area contributed by atoms with Crippen molar-refractivity contribution in [3.63, 3.8) is 0 Å². The van der Waals surface area contributed by atoms with E-state index in [-0.39, 0.29) is 30.2 Å². The zero-order valence-corrected chi connectivity index (χ0v) is 18.9. The maximum atomic E-state index is 12.8. The van der Waals surface area contributed by atoms with Crippen LogP contribution in [0.3, 0.4) is 0 Å². The van der Waals surface area contributed by atoms with Crippen LogP contribution in [-0.2, 0) is 27.3 Å². The van der Waals surface area contributed by atoms with Crippen molar-refractivity contribution in [2.75, 3.05) is 25.5 Å². The Morgan fingerprint density at radius 3 is 2.90 bits per heavy atom. The van der Waals surface area contributed by atoms with Crippen molar-refractivity contribution >= 4 is 29.3 Å². The van der Waals surface area contributed by atoms with Gasteiger partial charge in [0.25, 0.3) is 0 Å². The second-order valence-electron chi connectivity index (χ2n) is 7.57. The van der Waals surface area contributed by atoms with Gasteiger partial charge in [-0.3, -0.25) is 14.2 Å². The molecule has 2 heterocycles. The van der Waals surface area contributed by atoms with E-state index in [0.717, 1.165) is 30.5 Å². The predicted molar refractivity (Wildman–Crippen MR) is 119 cm³/mol. The van der Waals surface area contributed by atoms with Crippen LogP contribution in [0.4, 0.5) is 5.69 Å². The highest BCUT2D eigenvalue weighted by molar-refractivity contribution is 8.00. The number of amides is 2. The van der Waals surface area contributed by atoms with Gasteiger partial charge in [-0.2, -0.15) is 0 Å². The number of nitrogens with one attached hydrogen (secondary N) is 2. The Hall–Kier alpha value is -2.59. The Morgan fingerprint density at radius 2 is 2.19 bits per heavy atom. The van der Waals surface area contributed by atoms with E-state index >= 15 is 0 Å². The Balaban J connectivity index is 1.57. The van der Waals surface area contributed by atoms with Crippen molar-refractivity contribution in [3.8, 4) is 0 Å². The maximum absolute atomic E-state index is 12.8. The molecule has 2 unspecified atom stereocenters. The number of benzene rings is 1. The molecule has 1 aromatic carbocycles. The van der Waals surface area contributed by atoms with Crippen LogP contribution >= 0.6 is 11.8 Å². The van der Waals surface area contributed by atoms with Crippen LogP contribution in [0.2, 0.25) is 0 Å². The summed E-state index contributed by atoms with van der Waals surface area (Å²) in [4.78, 5) is 38.7. The van der Waals surface area contributed by atoms with Crippen molar-refractivity contribution in [1.82, 2.24) is 19.7 Å². The number of thioether (sulfide) groups is 1. The summed E-state index contributed by atoms with van der Waals surface area (Å²) in [7, 11) is 1.59. The molecule has 0 spiro atoms. The summed E-state index contributed by atoms with van der Waals surface area (Å²) in [6.07, 6.45) is 2.66. The number of carbonyl (C=O) groups excluding carboxylic acids is 2. The molecule has 1 saturated heterocycles. The predicted octanol–water partition coefficient (Wildman–Crippen LogP) is 1.89. The fourth-order valence-corrected chi connectivity index (χ4v) is 4.48. The third kappa shape index (κ3) is 5.98. The summed E-state index contributed by atoms with van der Waals surface area (Å²) in [5, 5.41) is 9.30. The second kappa shape index (κ2) is 10.6. The molecule has 1 aliphatic heterocycles. The normalized spacial score (nSPS) is 16.8. The number of carbonyl (C=O) groups is 2. The van der Waals surface area contributed by atoms with Crippen molar-refractivity contribution in [3.05, 3.63) is 40.3 Å². The molecule has 10 heteroatoms. The van der Waals surface area contributed by atoms with E-state index in [1.165, 1.54) is 21.2 Å². The zero-order chi connectivity index (χ0) is 22.4. The van der Waals surface area contributed by atoms with Crippen LogP contribution < -0.4 is 11.0 Å². The number of nitrogens with zero attached hydrogens (tertiary/aromatic N) is 3. The van der Waals surface area contributed by atoms with Crippen molar-refractivity contribution < 1.29 is 14.3 Å². The van der Waals surface area contributed by atoms with Gasteiger partial charge >= 0.3 is 5.69 Å². The lowest BCUT2D eigenvalue weighted by Gasteiger charge is -2.21. The van der Waals surface area contributed by atoms with Crippen LogP contribution in [0.25, 0.3) is 0 Å². The average Bonchev–Trinajstić information content (AvgIpc) is 3.39. The van der Waals surface area contributed by atoms with E-state index in [1.54, 1.807) is 14.0 Å². The lowest BCUT2D eigenvalue weighted by Crippen LogP contribution is -2.39. The molecule has 2 aromatic rings. The molecule has 1 aromatic heterocycles. The molecule has 168 valence electrons. The van der Waals surface area contributed by atoms with Crippen LogP contribution in [0.1, 0.15) is 32.3 Å². The topological polar surface area (TPSA) is 109 Å². The van der Waals surface area contributed by atoms with Gasteiger partial charge < -0.3 is 15.0 Å². The summed E-state index contributed by atoms with van der Waals surface area (Å²) in [5.41, 5.74) is 1.48. The van der Waals surface area contributed by atoms with Gasteiger partial charge in [-0.1, -0.05) is 36.9 Å². The number of hydrogen-bond donors (Lipinski definition) is 2. The molecule has 1 aliphatic rings. The smallest absolute Gasteiger partial charge is 0.344 e. The van der Waals surface area contributed by atoms with E-state index in [0.29, 0.717) is 18.3 Å². The SMILES string of the molecule is CCc1ccccc1NC(=O)CN(C)C(=O)C(C)Sc1n[nH]c(=O)n1CC1CCCO1. The molecule has 31 heavy (non-hydrogen) atoms. The summed E-state index contributed by atoms with van der Waals surface area (Å²) >= 11 is 1.19. The van der Waals surface area contributed by atoms with Gasteiger partial charge in [0, 0.05) is 19.3 Å². The van der Waals surface area contributed by atoms with Gasteiger partial charge in [-0.25, -0.2) is 9.89 Å². The minimum absolute atomic E-state index is 0.0157. The monoisotopic (exact) mass is 447 g/mol. The van der Waals surface area contributed by atoms with Gasteiger partial charge in [-0.05, 0) is 37.8 Å². The maximum Gasteiger partial charge on any atom is 0.344 e. The lowest BCUT2D eigenvalue weighted by atomic mass is 10.1. The van der Waals surface area contributed by atoms with Crippen LogP contribution in [0.15, 0.2) is 34.2 Å². The Kier molecular flexibility index (Phi) is 7.91. The number of ether oxygens (including phenoxy) is 1. The largest absolute Gasteiger partial charge is 0.376 e. The molecule has 0 aliphatic carbocycles. The molecule has 9 nitrogen and oxygen atoms in total. The van der Waals surface area contributed by atoms with E-state index in [2.05, 4.69) is 15.5 Å². The van der Waals surface area contributed by atoms with E-state index in [9.17, 15) is 14.4 Å². The first-order valence-corrected chi connectivity index (χ1v) is 11.3. The van der Waals surface area contributed by atoms with Crippen LogP contribution in [0.5, 0.6) is 0 Å². The third-order valence-electron chi connectivity index (χ3n) is 5.19. The first-order valence-electron chi connectivity index (χ1n) is 10.4. The fraction of sp³-hybridized carbons (Fsp3) is 0.524. The molecule has 3 rings (SSSR count). The molecule has 0 radical (unpaired) electrons. The Bertz CT molecular complexity index is 967. The number of hydrogen-bond acceptors (Lipinski definition) is 6. The molecule has 0 bridgehead atoms. The van der Waals surface area contributed by atoms with Gasteiger partial charge in [0.05, 0.1) is 24.4 Å². The first-order chi connectivity index (χ1) is 14.9. The van der Waals surface area contributed by atoms with E-state index < -0.39 is 5.25 Å². The van der Waals surface area contributed by atoms with Gasteiger partial charge in [0.2, 0.25) is 11.8 Å². The minimum Gasteiger partial charge on any atom is -0.376 e. The minimum atomic E-state index is -0.515. The molecular formula is C21H29N5O4S. The highest BCUT2D eigenvalue weighted by Gasteiger charge is 2.25. The third-order valence-corrected chi connectivity index (χ3v) is 6.27. The van der Waals surface area contributed by atoms with Crippen molar-refractivity contribution in [2.45, 2.75) is 56.2 Å². The molecule has 2 atom stereocenters. The van der Waals surface area contributed by atoms with Gasteiger partial charge in [0.15, 0.2) is 5.16 Å². The molecule has 2 amide bonds. The first kappa shape index (κ1) is 23.1. The molecule has 0 saturated carbocycles. The van der Waals surface area contributed by atoms with Gasteiger partial charge in [0.1, 0.15) is 0 Å². The highest BCUT2D eigenvalue weighted by atomic mass is 32.2. The van der Waals surface area contributed by atoms with Crippen molar-refractivity contribution in [1.29, 1.82) is 0 Å². The fourth-order valence-electron chi connectivity index (χ4n) is 3.50. The quantitative estimate of drug-likeness (QED) is 0.568. The zero-order valence-electron chi connectivity index (χ0n) is 18.1. The number of aryl methyl sites for hydroxylation is 1. The molecular weight excluding hydrogens is 418 g/mol. The van der Waals surface area contributed by atoms with Crippen molar-refractivity contribution in [2.24, 2.45) is 0 Å². The summed E-state index contributed by atoms with van der Waals surface area (Å²) in [6, 6.07) is 7.60. The number of aromatic nitrogens is 3. The molecule has 2 N–H and O–H groups in total. The summed E-state index contributed by atoms with van der Waals surface area (Å²) in [6.45, 7) is 4.80. The Labute approximate surface area is 185 Å². The summed E-state index contributed by atoms with van der Waals surface area (Å²) < 4.78 is 7.12. The van der Waals surface area contributed by atoms with Crippen LogP contribution in [-0.4, -0.2) is 63.0 Å². The second-order valence-corrected chi connectivity index (χ2v) is 8.88. The number of para-hydroxylation sites is 1. The molecule has 1 fully saturated rings. The highest BCUT2D eigenvalue weighted by Crippen LogP contribution is 2.23. The number of H-pyrrole nitrogens is 1. The number of anilines is 1. The lowest BCUT2D eigenvalue weighted by molar-refractivity contribution is -0.132. The number of rotatable bonds is 9. The van der Waals surface area contributed by atoms with E-state index in [4.69, 9.17) is 4.74 Å². The summed E-state index contributed by atoms with van der Waals surface area (Å²) in [5.74, 6) is -0.480. The number of aromatic amines is 1. The van der Waals surface area contributed by atoms with Crippen LogP contribution in [0, 0.1) is 0 Å². The van der Waals surface area contributed by atoms with E-state index in [1.807, 2.05) is 31.2 Å². The Morgan fingerprint density at radius 1 is 1.42 bits per heavy atom. The van der Waals surface area contributed by atoms with Gasteiger partial charge in [-0.15, -0.1) is 5.10 Å². The number of likely N-dealkylation sites (N-methyl/N-ethyl adjacent to an activating group) is 1.